The zero-order chi connectivity index (χ0) is 14.4. The Labute approximate surface area is 128 Å². The van der Waals surface area contributed by atoms with E-state index in [1.54, 1.807) is 12.4 Å². The standard InChI is InChI=1S/C16H19BrN2O/c1-3-7-18-10-13-6-8-19-11-16(13)20-15-9-14(17)5-4-12(15)2/h4-6,8-9,11,18H,3,7,10H2,1-2H3. The summed E-state index contributed by atoms with van der Waals surface area (Å²) in [7, 11) is 0. The minimum Gasteiger partial charge on any atom is -0.455 e. The first-order chi connectivity index (χ1) is 9.70. The Morgan fingerprint density at radius 2 is 2.10 bits per heavy atom. The highest BCUT2D eigenvalue weighted by Gasteiger charge is 2.07. The van der Waals surface area contributed by atoms with Crippen LogP contribution in [0.2, 0.25) is 0 Å². The third kappa shape index (κ3) is 4.05. The van der Waals surface area contributed by atoms with E-state index in [4.69, 9.17) is 4.74 Å². The number of aryl methyl sites for hydroxylation is 1. The predicted octanol–water partition coefficient (Wildman–Crippen LogP) is 4.44. The van der Waals surface area contributed by atoms with Crippen molar-refractivity contribution in [1.29, 1.82) is 0 Å². The molecule has 0 saturated carbocycles. The lowest BCUT2D eigenvalue weighted by Gasteiger charge is -2.13. The molecule has 1 heterocycles. The molecule has 2 rings (SSSR count). The largest absolute Gasteiger partial charge is 0.455 e. The van der Waals surface area contributed by atoms with Crippen LogP contribution in [-0.2, 0) is 6.54 Å². The third-order valence-corrected chi connectivity index (χ3v) is 3.48. The van der Waals surface area contributed by atoms with Crippen molar-refractivity contribution in [3.63, 3.8) is 0 Å². The van der Waals surface area contributed by atoms with E-state index in [0.717, 1.165) is 46.6 Å². The molecule has 0 aliphatic carbocycles. The Balaban J connectivity index is 2.18. The second kappa shape index (κ2) is 7.41. The first-order valence-electron chi connectivity index (χ1n) is 6.78. The van der Waals surface area contributed by atoms with Gasteiger partial charge in [-0.25, -0.2) is 0 Å². The van der Waals surface area contributed by atoms with Crippen molar-refractivity contribution in [2.75, 3.05) is 6.54 Å². The average molecular weight is 335 g/mol. The van der Waals surface area contributed by atoms with Crippen molar-refractivity contribution in [1.82, 2.24) is 10.3 Å². The number of ether oxygens (including phenoxy) is 1. The van der Waals surface area contributed by atoms with E-state index < -0.39 is 0 Å². The van der Waals surface area contributed by atoms with Crippen molar-refractivity contribution in [3.8, 4) is 11.5 Å². The van der Waals surface area contributed by atoms with Crippen molar-refractivity contribution in [2.24, 2.45) is 0 Å². The highest BCUT2D eigenvalue weighted by molar-refractivity contribution is 9.10. The molecule has 2 aromatic rings. The molecule has 0 unspecified atom stereocenters. The van der Waals surface area contributed by atoms with Crippen molar-refractivity contribution < 1.29 is 4.74 Å². The molecule has 1 aromatic heterocycles. The number of nitrogens with zero attached hydrogens (tertiary/aromatic N) is 1. The summed E-state index contributed by atoms with van der Waals surface area (Å²) in [5.41, 5.74) is 2.22. The molecular weight excluding hydrogens is 316 g/mol. The van der Waals surface area contributed by atoms with Gasteiger partial charge in [-0.15, -0.1) is 0 Å². The predicted molar refractivity (Wildman–Crippen MR) is 85.2 cm³/mol. The fourth-order valence-electron chi connectivity index (χ4n) is 1.85. The number of hydrogen-bond donors (Lipinski definition) is 1. The minimum absolute atomic E-state index is 0.790. The van der Waals surface area contributed by atoms with Crippen LogP contribution >= 0.6 is 15.9 Å². The van der Waals surface area contributed by atoms with Gasteiger partial charge in [0, 0.05) is 22.8 Å². The molecule has 0 radical (unpaired) electrons. The summed E-state index contributed by atoms with van der Waals surface area (Å²) < 4.78 is 7.03. The Morgan fingerprint density at radius 3 is 2.90 bits per heavy atom. The Bertz CT molecular complexity index is 572. The summed E-state index contributed by atoms with van der Waals surface area (Å²) >= 11 is 3.47. The summed E-state index contributed by atoms with van der Waals surface area (Å²) in [4.78, 5) is 4.16. The van der Waals surface area contributed by atoms with Crippen LogP contribution in [0.1, 0.15) is 24.5 Å². The minimum atomic E-state index is 0.790. The van der Waals surface area contributed by atoms with Crippen LogP contribution < -0.4 is 10.1 Å². The summed E-state index contributed by atoms with van der Waals surface area (Å²) in [5.74, 6) is 1.65. The summed E-state index contributed by atoms with van der Waals surface area (Å²) in [6.07, 6.45) is 4.68. The number of halogens is 1. The Morgan fingerprint density at radius 1 is 1.25 bits per heavy atom. The molecule has 3 nitrogen and oxygen atoms in total. The molecule has 4 heteroatoms. The number of benzene rings is 1. The van der Waals surface area contributed by atoms with Crippen LogP contribution in [0.15, 0.2) is 41.1 Å². The molecule has 0 bridgehead atoms. The van der Waals surface area contributed by atoms with Gasteiger partial charge in [0.1, 0.15) is 11.5 Å². The lowest BCUT2D eigenvalue weighted by atomic mass is 10.2. The molecule has 106 valence electrons. The van der Waals surface area contributed by atoms with Gasteiger partial charge in [0.15, 0.2) is 0 Å². The number of hydrogen-bond acceptors (Lipinski definition) is 3. The maximum atomic E-state index is 6.02. The number of pyridine rings is 1. The SMILES string of the molecule is CCCNCc1ccncc1Oc1cc(Br)ccc1C. The summed E-state index contributed by atoms with van der Waals surface area (Å²) in [6, 6.07) is 8.01. The average Bonchev–Trinajstić information content (AvgIpc) is 2.45. The summed E-state index contributed by atoms with van der Waals surface area (Å²) in [5, 5.41) is 3.39. The van der Waals surface area contributed by atoms with Crippen molar-refractivity contribution in [3.05, 3.63) is 52.3 Å². The normalized spacial score (nSPS) is 10.6. The maximum absolute atomic E-state index is 6.02. The zero-order valence-corrected chi connectivity index (χ0v) is 13.4. The number of rotatable bonds is 6. The topological polar surface area (TPSA) is 34.2 Å². The molecular formula is C16H19BrN2O. The highest BCUT2D eigenvalue weighted by Crippen LogP contribution is 2.29. The van der Waals surface area contributed by atoms with Gasteiger partial charge in [-0.1, -0.05) is 28.9 Å². The molecule has 1 N–H and O–H groups in total. The first-order valence-corrected chi connectivity index (χ1v) is 7.57. The van der Waals surface area contributed by atoms with E-state index in [0.29, 0.717) is 0 Å². The Hall–Kier alpha value is -1.39. The van der Waals surface area contributed by atoms with Crippen LogP contribution in [-0.4, -0.2) is 11.5 Å². The summed E-state index contributed by atoms with van der Waals surface area (Å²) in [6.45, 7) is 5.98. The Kier molecular flexibility index (Phi) is 5.56. The van der Waals surface area contributed by atoms with Gasteiger partial charge >= 0.3 is 0 Å². The second-order valence-corrected chi connectivity index (χ2v) is 5.59. The maximum Gasteiger partial charge on any atom is 0.150 e. The van der Waals surface area contributed by atoms with Gasteiger partial charge in [0.05, 0.1) is 6.20 Å². The van der Waals surface area contributed by atoms with Crippen LogP contribution in [0.3, 0.4) is 0 Å². The van der Waals surface area contributed by atoms with Gasteiger partial charge in [0.2, 0.25) is 0 Å². The number of nitrogens with one attached hydrogen (secondary N) is 1. The second-order valence-electron chi connectivity index (χ2n) is 4.67. The fourth-order valence-corrected chi connectivity index (χ4v) is 2.19. The molecule has 0 atom stereocenters. The molecule has 0 aliphatic rings. The quantitative estimate of drug-likeness (QED) is 0.792. The van der Waals surface area contributed by atoms with Crippen LogP contribution in [0.4, 0.5) is 0 Å². The zero-order valence-electron chi connectivity index (χ0n) is 11.8. The fraction of sp³-hybridized carbons (Fsp3) is 0.312. The van der Waals surface area contributed by atoms with Crippen molar-refractivity contribution in [2.45, 2.75) is 26.8 Å². The lowest BCUT2D eigenvalue weighted by Crippen LogP contribution is -2.14. The van der Waals surface area contributed by atoms with E-state index in [1.807, 2.05) is 31.2 Å². The molecule has 1 aromatic carbocycles. The smallest absolute Gasteiger partial charge is 0.150 e. The lowest BCUT2D eigenvalue weighted by molar-refractivity contribution is 0.466. The van der Waals surface area contributed by atoms with E-state index in [9.17, 15) is 0 Å². The van der Waals surface area contributed by atoms with Gasteiger partial charge in [-0.3, -0.25) is 4.98 Å². The monoisotopic (exact) mass is 334 g/mol. The molecule has 0 saturated heterocycles. The van der Waals surface area contributed by atoms with E-state index >= 15 is 0 Å². The van der Waals surface area contributed by atoms with E-state index in [-0.39, 0.29) is 0 Å². The van der Waals surface area contributed by atoms with E-state index in [1.165, 1.54) is 0 Å². The number of aromatic nitrogens is 1. The third-order valence-electron chi connectivity index (χ3n) is 2.98. The molecule has 0 aliphatic heterocycles. The molecule has 0 amide bonds. The highest BCUT2D eigenvalue weighted by atomic mass is 79.9. The van der Waals surface area contributed by atoms with Gasteiger partial charge in [0.25, 0.3) is 0 Å². The van der Waals surface area contributed by atoms with Gasteiger partial charge in [-0.2, -0.15) is 0 Å². The molecule has 0 fully saturated rings. The van der Waals surface area contributed by atoms with Crippen LogP contribution in [0.25, 0.3) is 0 Å². The van der Waals surface area contributed by atoms with Gasteiger partial charge < -0.3 is 10.1 Å². The van der Waals surface area contributed by atoms with Gasteiger partial charge in [-0.05, 0) is 43.7 Å². The molecule has 20 heavy (non-hydrogen) atoms. The van der Waals surface area contributed by atoms with Crippen LogP contribution in [0.5, 0.6) is 11.5 Å². The van der Waals surface area contributed by atoms with Crippen molar-refractivity contribution >= 4 is 15.9 Å². The molecule has 0 spiro atoms. The van der Waals surface area contributed by atoms with E-state index in [2.05, 4.69) is 33.2 Å². The first kappa shape index (κ1) is 15.0. The van der Waals surface area contributed by atoms with Crippen LogP contribution in [0, 0.1) is 6.92 Å².